The lowest BCUT2D eigenvalue weighted by Crippen LogP contribution is -2.03. The summed E-state index contributed by atoms with van der Waals surface area (Å²) in [7, 11) is 0. The van der Waals surface area contributed by atoms with Gasteiger partial charge in [-0.15, -0.1) is 0 Å². The number of halogens is 1. The van der Waals surface area contributed by atoms with E-state index in [4.69, 9.17) is 22.4 Å². The first-order valence-corrected chi connectivity index (χ1v) is 4.59. The van der Waals surface area contributed by atoms with Crippen LogP contribution < -0.4 is 5.73 Å². The van der Waals surface area contributed by atoms with Crippen molar-refractivity contribution in [2.24, 2.45) is 0 Å². The third-order valence-electron chi connectivity index (χ3n) is 2.02. The highest BCUT2D eigenvalue weighted by atomic mass is 35.5. The van der Waals surface area contributed by atoms with E-state index in [0.717, 1.165) is 0 Å². The van der Waals surface area contributed by atoms with Crippen molar-refractivity contribution in [3.05, 3.63) is 29.0 Å². The molecule has 15 heavy (non-hydrogen) atoms. The lowest BCUT2D eigenvalue weighted by atomic mass is 10.3. The maximum Gasteiger partial charge on any atom is 0.309 e. The summed E-state index contributed by atoms with van der Waals surface area (Å²) in [5.74, 6) is -0.625. The van der Waals surface area contributed by atoms with E-state index >= 15 is 0 Å². The Kier molecular flexibility index (Phi) is 2.24. The predicted octanol–water partition coefficient (Wildman–Crippen LogP) is 1.20. The zero-order valence-corrected chi connectivity index (χ0v) is 8.40. The monoisotopic (exact) mass is 225 g/mol. The van der Waals surface area contributed by atoms with Crippen molar-refractivity contribution in [1.29, 1.82) is 0 Å². The smallest absolute Gasteiger partial charge is 0.309 e. The van der Waals surface area contributed by atoms with Crippen molar-refractivity contribution in [2.75, 3.05) is 5.73 Å². The molecule has 0 saturated carbocycles. The van der Waals surface area contributed by atoms with Gasteiger partial charge < -0.3 is 10.8 Å². The number of carboxylic acid groups (broad SMARTS) is 1. The van der Waals surface area contributed by atoms with Crippen LogP contribution in [0, 0.1) is 0 Å². The van der Waals surface area contributed by atoms with Crippen molar-refractivity contribution in [3.8, 4) is 0 Å². The molecule has 0 radical (unpaired) electrons. The highest BCUT2D eigenvalue weighted by Crippen LogP contribution is 2.18. The SMILES string of the molecule is Nc1c(CC(=O)O)nc2cc(Cl)ccn12. The second-order valence-electron chi connectivity index (χ2n) is 3.09. The zero-order chi connectivity index (χ0) is 11.0. The molecule has 0 unspecified atom stereocenters. The van der Waals surface area contributed by atoms with Gasteiger partial charge in [-0.1, -0.05) is 11.6 Å². The summed E-state index contributed by atoms with van der Waals surface area (Å²) in [5, 5.41) is 9.18. The Morgan fingerprint density at radius 3 is 3.07 bits per heavy atom. The van der Waals surface area contributed by atoms with Gasteiger partial charge in [0.05, 0.1) is 12.1 Å². The van der Waals surface area contributed by atoms with Gasteiger partial charge in [0.2, 0.25) is 0 Å². The first kappa shape index (κ1) is 9.79. The highest BCUT2D eigenvalue weighted by Gasteiger charge is 2.12. The number of nitrogen functional groups attached to an aromatic ring is 1. The third-order valence-corrected chi connectivity index (χ3v) is 2.26. The van der Waals surface area contributed by atoms with Gasteiger partial charge in [-0.25, -0.2) is 4.98 Å². The van der Waals surface area contributed by atoms with Crippen LogP contribution in [0.25, 0.3) is 5.65 Å². The van der Waals surface area contributed by atoms with Gasteiger partial charge in [-0.05, 0) is 6.07 Å². The molecule has 0 saturated heterocycles. The lowest BCUT2D eigenvalue weighted by molar-refractivity contribution is -0.136. The Bertz CT molecular complexity index is 535. The fourth-order valence-corrected chi connectivity index (χ4v) is 1.51. The van der Waals surface area contributed by atoms with E-state index in [0.29, 0.717) is 22.2 Å². The molecule has 0 aliphatic heterocycles. The Labute approximate surface area is 90.1 Å². The average Bonchev–Trinajstić information content (AvgIpc) is 2.42. The van der Waals surface area contributed by atoms with Crippen molar-refractivity contribution in [1.82, 2.24) is 9.38 Å². The number of nitrogens with zero attached hydrogens (tertiary/aromatic N) is 2. The minimum atomic E-state index is -0.962. The number of aromatic nitrogens is 2. The number of aliphatic carboxylic acids is 1. The largest absolute Gasteiger partial charge is 0.481 e. The van der Waals surface area contributed by atoms with Gasteiger partial charge in [0, 0.05) is 17.3 Å². The van der Waals surface area contributed by atoms with E-state index < -0.39 is 5.97 Å². The molecule has 3 N–H and O–H groups in total. The van der Waals surface area contributed by atoms with Crippen molar-refractivity contribution < 1.29 is 9.90 Å². The molecule has 0 aromatic carbocycles. The average molecular weight is 226 g/mol. The summed E-state index contributed by atoms with van der Waals surface area (Å²) in [6.07, 6.45) is 1.47. The van der Waals surface area contributed by atoms with E-state index in [9.17, 15) is 4.79 Å². The van der Waals surface area contributed by atoms with Crippen LogP contribution in [0.3, 0.4) is 0 Å². The van der Waals surface area contributed by atoms with Crippen LogP contribution in [0.5, 0.6) is 0 Å². The molecule has 6 heteroatoms. The minimum Gasteiger partial charge on any atom is -0.481 e. The maximum absolute atomic E-state index is 10.5. The third kappa shape index (κ3) is 1.73. The number of hydrogen-bond donors (Lipinski definition) is 2. The van der Waals surface area contributed by atoms with E-state index in [1.807, 2.05) is 0 Å². The lowest BCUT2D eigenvalue weighted by Gasteiger charge is -1.96. The van der Waals surface area contributed by atoms with Gasteiger partial charge in [-0.2, -0.15) is 0 Å². The molecule has 5 nitrogen and oxygen atoms in total. The summed E-state index contributed by atoms with van der Waals surface area (Å²) >= 11 is 5.78. The number of pyridine rings is 1. The Balaban J connectivity index is 2.58. The maximum atomic E-state index is 10.5. The van der Waals surface area contributed by atoms with Gasteiger partial charge >= 0.3 is 5.97 Å². The minimum absolute atomic E-state index is 0.189. The number of imidazole rings is 1. The van der Waals surface area contributed by atoms with Crippen LogP contribution in [0.2, 0.25) is 5.02 Å². The van der Waals surface area contributed by atoms with E-state index in [1.54, 1.807) is 22.7 Å². The Morgan fingerprint density at radius 1 is 1.67 bits per heavy atom. The molecule has 0 bridgehead atoms. The summed E-state index contributed by atoms with van der Waals surface area (Å²) in [4.78, 5) is 14.6. The van der Waals surface area contributed by atoms with Crippen molar-refractivity contribution in [3.63, 3.8) is 0 Å². The summed E-state index contributed by atoms with van der Waals surface area (Å²) in [5.41, 5.74) is 6.64. The number of carbonyl (C=O) groups is 1. The van der Waals surface area contributed by atoms with Crippen molar-refractivity contribution in [2.45, 2.75) is 6.42 Å². The number of anilines is 1. The van der Waals surface area contributed by atoms with Crippen LogP contribution >= 0.6 is 11.6 Å². The molecule has 78 valence electrons. The van der Waals surface area contributed by atoms with Gasteiger partial charge in [-0.3, -0.25) is 9.20 Å². The normalized spacial score (nSPS) is 10.7. The standard InChI is InChI=1S/C9H8ClN3O2/c10-5-1-2-13-7(3-5)12-6(9(13)11)4-8(14)15/h1-3H,4,11H2,(H,14,15). The van der Waals surface area contributed by atoms with Crippen LogP contribution in [-0.4, -0.2) is 20.5 Å². The van der Waals surface area contributed by atoms with Gasteiger partial charge in [0.25, 0.3) is 0 Å². The van der Waals surface area contributed by atoms with Crippen LogP contribution in [0.4, 0.5) is 5.82 Å². The molecule has 2 rings (SSSR count). The number of hydrogen-bond acceptors (Lipinski definition) is 3. The molecule has 0 fully saturated rings. The molecule has 0 spiro atoms. The van der Waals surface area contributed by atoms with Crippen LogP contribution in [0.15, 0.2) is 18.3 Å². The second-order valence-corrected chi connectivity index (χ2v) is 3.52. The van der Waals surface area contributed by atoms with E-state index in [1.165, 1.54) is 0 Å². The van der Waals surface area contributed by atoms with Gasteiger partial charge in [0.15, 0.2) is 0 Å². The van der Waals surface area contributed by atoms with E-state index in [-0.39, 0.29) is 6.42 Å². The first-order valence-electron chi connectivity index (χ1n) is 4.21. The highest BCUT2D eigenvalue weighted by molar-refractivity contribution is 6.30. The molecule has 2 heterocycles. The molecule has 0 atom stereocenters. The molecule has 0 aliphatic rings. The fourth-order valence-electron chi connectivity index (χ4n) is 1.36. The summed E-state index contributed by atoms with van der Waals surface area (Å²) in [6, 6.07) is 3.29. The number of carboxylic acids is 1. The number of rotatable bonds is 2. The molecule has 0 aliphatic carbocycles. The van der Waals surface area contributed by atoms with Gasteiger partial charge in [0.1, 0.15) is 11.5 Å². The number of fused-ring (bicyclic) bond motifs is 1. The molecular formula is C9H8ClN3O2. The first-order chi connectivity index (χ1) is 7.08. The molecule has 2 aromatic heterocycles. The number of nitrogens with two attached hydrogens (primary N) is 1. The van der Waals surface area contributed by atoms with Crippen molar-refractivity contribution >= 4 is 29.0 Å². The molecule has 2 aromatic rings. The van der Waals surface area contributed by atoms with E-state index in [2.05, 4.69) is 4.98 Å². The summed E-state index contributed by atoms with van der Waals surface area (Å²) in [6.45, 7) is 0. The fraction of sp³-hybridized carbons (Fsp3) is 0.111. The topological polar surface area (TPSA) is 80.6 Å². The quantitative estimate of drug-likeness (QED) is 0.805. The zero-order valence-electron chi connectivity index (χ0n) is 7.64. The molecular weight excluding hydrogens is 218 g/mol. The predicted molar refractivity (Wildman–Crippen MR) is 56.0 cm³/mol. The molecule has 0 amide bonds. The van der Waals surface area contributed by atoms with Crippen LogP contribution in [0.1, 0.15) is 5.69 Å². The Hall–Kier alpha value is -1.75. The van der Waals surface area contributed by atoms with Crippen LogP contribution in [-0.2, 0) is 11.2 Å². The Morgan fingerprint density at radius 2 is 2.40 bits per heavy atom. The summed E-state index contributed by atoms with van der Waals surface area (Å²) < 4.78 is 1.60. The second kappa shape index (κ2) is 3.43.